The SMILES string of the molecule is CCOC(=O)C(O)c1cc(OC)c2oc(C)cc2c1. The van der Waals surface area contributed by atoms with E-state index < -0.39 is 12.1 Å². The minimum atomic E-state index is -1.33. The summed E-state index contributed by atoms with van der Waals surface area (Å²) in [5, 5.41) is 10.7. The van der Waals surface area contributed by atoms with Crippen molar-refractivity contribution in [2.24, 2.45) is 0 Å². The van der Waals surface area contributed by atoms with E-state index in [0.717, 1.165) is 11.1 Å². The van der Waals surface area contributed by atoms with E-state index in [9.17, 15) is 9.90 Å². The minimum absolute atomic E-state index is 0.222. The maximum Gasteiger partial charge on any atom is 0.339 e. The molecule has 5 heteroatoms. The number of aliphatic hydroxyl groups is 1. The Hall–Kier alpha value is -2.01. The van der Waals surface area contributed by atoms with E-state index >= 15 is 0 Å². The molecule has 0 saturated heterocycles. The molecule has 0 aliphatic carbocycles. The summed E-state index contributed by atoms with van der Waals surface area (Å²) in [4.78, 5) is 11.5. The van der Waals surface area contributed by atoms with Crippen LogP contribution in [0.5, 0.6) is 5.75 Å². The molecular weight excluding hydrogens is 248 g/mol. The zero-order chi connectivity index (χ0) is 14.0. The number of aryl methyl sites for hydroxylation is 1. The summed E-state index contributed by atoms with van der Waals surface area (Å²) in [5.41, 5.74) is 1.02. The second-order valence-corrected chi connectivity index (χ2v) is 4.15. The first-order valence-corrected chi connectivity index (χ1v) is 5.99. The number of benzene rings is 1. The number of carbonyl (C=O) groups excluding carboxylic acids is 1. The lowest BCUT2D eigenvalue weighted by atomic mass is 10.1. The van der Waals surface area contributed by atoms with Gasteiger partial charge in [-0.2, -0.15) is 0 Å². The van der Waals surface area contributed by atoms with Crippen LogP contribution in [0, 0.1) is 6.92 Å². The van der Waals surface area contributed by atoms with E-state index in [1.54, 1.807) is 19.1 Å². The molecule has 1 aromatic heterocycles. The Balaban J connectivity index is 2.46. The second-order valence-electron chi connectivity index (χ2n) is 4.15. The van der Waals surface area contributed by atoms with Crippen LogP contribution in [0.25, 0.3) is 11.0 Å². The number of esters is 1. The van der Waals surface area contributed by atoms with Crippen LogP contribution in [0.2, 0.25) is 0 Å². The zero-order valence-corrected chi connectivity index (χ0v) is 11.1. The Morgan fingerprint density at radius 1 is 1.42 bits per heavy atom. The third-order valence-electron chi connectivity index (χ3n) is 2.77. The molecule has 19 heavy (non-hydrogen) atoms. The van der Waals surface area contributed by atoms with Gasteiger partial charge in [0.2, 0.25) is 0 Å². The van der Waals surface area contributed by atoms with Crippen molar-refractivity contribution in [3.05, 3.63) is 29.5 Å². The molecule has 0 spiro atoms. The highest BCUT2D eigenvalue weighted by atomic mass is 16.5. The van der Waals surface area contributed by atoms with E-state index in [2.05, 4.69) is 0 Å². The van der Waals surface area contributed by atoms with Gasteiger partial charge in [-0.05, 0) is 37.6 Å². The molecule has 1 unspecified atom stereocenters. The van der Waals surface area contributed by atoms with Crippen LogP contribution >= 0.6 is 0 Å². The van der Waals surface area contributed by atoms with Gasteiger partial charge in [-0.1, -0.05) is 0 Å². The number of hydrogen-bond acceptors (Lipinski definition) is 5. The van der Waals surface area contributed by atoms with Crippen molar-refractivity contribution in [3.8, 4) is 5.75 Å². The Bertz CT molecular complexity index is 599. The summed E-state index contributed by atoms with van der Waals surface area (Å²) < 4.78 is 15.5. The van der Waals surface area contributed by atoms with Crippen molar-refractivity contribution in [1.29, 1.82) is 0 Å². The summed E-state index contributed by atoms with van der Waals surface area (Å²) >= 11 is 0. The summed E-state index contributed by atoms with van der Waals surface area (Å²) in [7, 11) is 1.51. The number of furan rings is 1. The highest BCUT2D eigenvalue weighted by molar-refractivity contribution is 5.87. The fraction of sp³-hybridized carbons (Fsp3) is 0.357. The molecule has 5 nitrogen and oxygen atoms in total. The number of ether oxygens (including phenoxy) is 2. The van der Waals surface area contributed by atoms with E-state index in [1.807, 2.05) is 13.0 Å². The molecule has 0 radical (unpaired) electrons. The van der Waals surface area contributed by atoms with Gasteiger partial charge >= 0.3 is 5.97 Å². The molecule has 0 amide bonds. The fourth-order valence-electron chi connectivity index (χ4n) is 1.94. The van der Waals surface area contributed by atoms with Gasteiger partial charge < -0.3 is 19.0 Å². The predicted molar refractivity (Wildman–Crippen MR) is 69.1 cm³/mol. The molecule has 0 saturated carbocycles. The molecule has 0 aliphatic rings. The van der Waals surface area contributed by atoms with Crippen molar-refractivity contribution in [2.75, 3.05) is 13.7 Å². The monoisotopic (exact) mass is 264 g/mol. The third kappa shape index (κ3) is 2.56. The molecular formula is C14H16O5. The molecule has 1 atom stereocenters. The number of aliphatic hydroxyl groups excluding tert-OH is 1. The van der Waals surface area contributed by atoms with Crippen molar-refractivity contribution in [3.63, 3.8) is 0 Å². The number of methoxy groups -OCH3 is 1. The molecule has 1 N–H and O–H groups in total. The van der Waals surface area contributed by atoms with Crippen molar-refractivity contribution in [1.82, 2.24) is 0 Å². The molecule has 102 valence electrons. The average Bonchev–Trinajstić information content (AvgIpc) is 2.77. The van der Waals surface area contributed by atoms with Crippen molar-refractivity contribution < 1.29 is 23.8 Å². The molecule has 0 fully saturated rings. The first-order chi connectivity index (χ1) is 9.06. The Kier molecular flexibility index (Phi) is 3.76. The number of carbonyl (C=O) groups is 1. The quantitative estimate of drug-likeness (QED) is 0.858. The number of fused-ring (bicyclic) bond motifs is 1. The van der Waals surface area contributed by atoms with E-state index in [1.165, 1.54) is 7.11 Å². The van der Waals surface area contributed by atoms with Gasteiger partial charge in [0.1, 0.15) is 5.76 Å². The second kappa shape index (κ2) is 5.32. The van der Waals surface area contributed by atoms with Gasteiger partial charge in [-0.15, -0.1) is 0 Å². The largest absolute Gasteiger partial charge is 0.493 e. The highest BCUT2D eigenvalue weighted by Crippen LogP contribution is 2.32. The average molecular weight is 264 g/mol. The van der Waals surface area contributed by atoms with E-state index in [0.29, 0.717) is 16.9 Å². The smallest absolute Gasteiger partial charge is 0.339 e. The molecule has 2 rings (SSSR count). The van der Waals surface area contributed by atoms with Crippen LogP contribution in [0.3, 0.4) is 0 Å². The number of hydrogen-bond donors (Lipinski definition) is 1. The molecule has 0 aliphatic heterocycles. The number of rotatable bonds is 4. The first-order valence-electron chi connectivity index (χ1n) is 5.99. The van der Waals surface area contributed by atoms with Crippen LogP contribution in [0.15, 0.2) is 22.6 Å². The standard InChI is InChI=1S/C14H16O5/c1-4-18-14(16)12(15)9-6-10-5-8(2)19-13(10)11(7-9)17-3/h5-7,12,15H,4H2,1-3H3. The lowest BCUT2D eigenvalue weighted by molar-refractivity contribution is -0.153. The summed E-state index contributed by atoms with van der Waals surface area (Å²) in [6, 6.07) is 5.09. The highest BCUT2D eigenvalue weighted by Gasteiger charge is 2.21. The maximum atomic E-state index is 11.5. The maximum absolute atomic E-state index is 11.5. The minimum Gasteiger partial charge on any atom is -0.493 e. The van der Waals surface area contributed by atoms with Gasteiger partial charge in [0.05, 0.1) is 13.7 Å². The third-order valence-corrected chi connectivity index (χ3v) is 2.77. The Labute approximate surface area is 110 Å². The molecule has 0 bridgehead atoms. The summed E-state index contributed by atoms with van der Waals surface area (Å²) in [6.07, 6.45) is -1.33. The topological polar surface area (TPSA) is 68.9 Å². The molecule has 1 heterocycles. The lowest BCUT2D eigenvalue weighted by Gasteiger charge is -2.11. The van der Waals surface area contributed by atoms with Gasteiger partial charge in [0.15, 0.2) is 17.4 Å². The van der Waals surface area contributed by atoms with Gasteiger partial charge in [-0.25, -0.2) is 4.79 Å². The lowest BCUT2D eigenvalue weighted by Crippen LogP contribution is -2.15. The summed E-state index contributed by atoms with van der Waals surface area (Å²) in [6.45, 7) is 3.73. The van der Waals surface area contributed by atoms with Crippen LogP contribution in [0.4, 0.5) is 0 Å². The van der Waals surface area contributed by atoms with E-state index in [4.69, 9.17) is 13.9 Å². The summed E-state index contributed by atoms with van der Waals surface area (Å²) in [5.74, 6) is 0.532. The predicted octanol–water partition coefficient (Wildman–Crippen LogP) is 2.35. The Morgan fingerprint density at radius 2 is 2.16 bits per heavy atom. The van der Waals surface area contributed by atoms with Gasteiger partial charge in [0.25, 0.3) is 0 Å². The van der Waals surface area contributed by atoms with E-state index in [-0.39, 0.29) is 6.61 Å². The van der Waals surface area contributed by atoms with Crippen LogP contribution in [-0.2, 0) is 9.53 Å². The zero-order valence-electron chi connectivity index (χ0n) is 11.1. The fourth-order valence-corrected chi connectivity index (χ4v) is 1.94. The van der Waals surface area contributed by atoms with Crippen LogP contribution in [0.1, 0.15) is 24.4 Å². The normalized spacial score (nSPS) is 12.4. The van der Waals surface area contributed by atoms with Gasteiger partial charge in [-0.3, -0.25) is 0 Å². The van der Waals surface area contributed by atoms with Crippen LogP contribution in [-0.4, -0.2) is 24.8 Å². The van der Waals surface area contributed by atoms with Crippen molar-refractivity contribution >= 4 is 16.9 Å². The van der Waals surface area contributed by atoms with Gasteiger partial charge in [0, 0.05) is 5.39 Å². The van der Waals surface area contributed by atoms with Crippen LogP contribution < -0.4 is 4.74 Å². The first kappa shape index (κ1) is 13.4. The van der Waals surface area contributed by atoms with Crippen molar-refractivity contribution in [2.45, 2.75) is 20.0 Å². The molecule has 2 aromatic rings. The molecule has 1 aromatic carbocycles. The Morgan fingerprint density at radius 3 is 2.79 bits per heavy atom.